The van der Waals surface area contributed by atoms with Gasteiger partial charge in [0.25, 0.3) is 5.91 Å². The van der Waals surface area contributed by atoms with Crippen LogP contribution in [0.5, 0.6) is 0 Å². The van der Waals surface area contributed by atoms with Crippen molar-refractivity contribution in [3.8, 4) is 0 Å². The number of nitrogens with zero attached hydrogens (tertiary/aromatic N) is 3. The van der Waals surface area contributed by atoms with E-state index in [2.05, 4.69) is 15.3 Å². The molecule has 19 heavy (non-hydrogen) atoms. The summed E-state index contributed by atoms with van der Waals surface area (Å²) in [5.74, 6) is 0.607. The lowest BCUT2D eigenvalue weighted by atomic mass is 10.1. The minimum atomic E-state index is -0.181. The summed E-state index contributed by atoms with van der Waals surface area (Å²) in [7, 11) is 0. The highest BCUT2D eigenvalue weighted by Gasteiger charge is 2.17. The molecule has 1 amide bonds. The summed E-state index contributed by atoms with van der Waals surface area (Å²) in [6, 6.07) is 3.53. The van der Waals surface area contributed by atoms with Gasteiger partial charge in [0.2, 0.25) is 0 Å². The zero-order chi connectivity index (χ0) is 13.5. The van der Waals surface area contributed by atoms with Crippen molar-refractivity contribution in [2.75, 3.05) is 0 Å². The lowest BCUT2D eigenvalue weighted by Crippen LogP contribution is -2.34. The van der Waals surface area contributed by atoms with Gasteiger partial charge in [0.1, 0.15) is 5.76 Å². The van der Waals surface area contributed by atoms with Gasteiger partial charge in [-0.1, -0.05) is 30.8 Å². The molecule has 102 valence electrons. The van der Waals surface area contributed by atoms with Crippen LogP contribution >= 0.6 is 0 Å². The Labute approximate surface area is 111 Å². The minimum Gasteiger partial charge on any atom is -0.456 e. The van der Waals surface area contributed by atoms with Gasteiger partial charge < -0.3 is 9.73 Å². The number of hydrogen-bond donors (Lipinski definition) is 1. The second-order valence-corrected chi connectivity index (χ2v) is 4.82. The van der Waals surface area contributed by atoms with E-state index in [9.17, 15) is 4.79 Å². The summed E-state index contributed by atoms with van der Waals surface area (Å²) >= 11 is 0. The van der Waals surface area contributed by atoms with Crippen molar-refractivity contribution in [2.45, 2.75) is 51.1 Å². The van der Waals surface area contributed by atoms with Gasteiger partial charge in [-0.05, 0) is 30.5 Å². The molecule has 6 heteroatoms. The van der Waals surface area contributed by atoms with Gasteiger partial charge in [0.05, 0.1) is 6.54 Å². The first-order chi connectivity index (χ1) is 9.29. The molecule has 6 nitrogen and oxygen atoms in total. The van der Waals surface area contributed by atoms with E-state index < -0.39 is 0 Å². The molecule has 1 aliphatic carbocycles. The second-order valence-electron chi connectivity index (χ2n) is 4.82. The maximum atomic E-state index is 12.0. The van der Waals surface area contributed by atoms with Crippen molar-refractivity contribution in [1.29, 1.82) is 0 Å². The Morgan fingerprint density at radius 3 is 2.79 bits per heavy atom. The van der Waals surface area contributed by atoms with Crippen molar-refractivity contribution in [2.24, 2.45) is 5.11 Å². The van der Waals surface area contributed by atoms with Crippen molar-refractivity contribution in [3.63, 3.8) is 0 Å². The first-order valence-electron chi connectivity index (χ1n) is 6.70. The minimum absolute atomic E-state index is 0.132. The van der Waals surface area contributed by atoms with Gasteiger partial charge in [-0.2, -0.15) is 0 Å². The highest BCUT2D eigenvalue weighted by Crippen LogP contribution is 2.18. The average molecular weight is 262 g/mol. The van der Waals surface area contributed by atoms with Crippen LogP contribution in [-0.4, -0.2) is 11.9 Å². The summed E-state index contributed by atoms with van der Waals surface area (Å²) < 4.78 is 5.34. The van der Waals surface area contributed by atoms with Crippen LogP contribution in [0.2, 0.25) is 0 Å². The fourth-order valence-corrected chi connectivity index (χ4v) is 2.37. The summed E-state index contributed by atoms with van der Waals surface area (Å²) in [4.78, 5) is 14.7. The topological polar surface area (TPSA) is 91.0 Å². The van der Waals surface area contributed by atoms with Crippen molar-refractivity contribution < 1.29 is 9.21 Å². The van der Waals surface area contributed by atoms with Crippen LogP contribution in [0.4, 0.5) is 0 Å². The van der Waals surface area contributed by atoms with Crippen LogP contribution in [0.25, 0.3) is 10.4 Å². The van der Waals surface area contributed by atoms with Gasteiger partial charge >= 0.3 is 0 Å². The number of rotatable bonds is 4. The molecule has 1 fully saturated rings. The molecule has 1 N–H and O–H groups in total. The maximum Gasteiger partial charge on any atom is 0.287 e. The van der Waals surface area contributed by atoms with E-state index in [0.717, 1.165) is 12.8 Å². The number of amides is 1. The lowest BCUT2D eigenvalue weighted by molar-refractivity contribution is 0.0903. The number of carbonyl (C=O) groups excluding carboxylic acids is 1. The second kappa shape index (κ2) is 6.85. The number of furan rings is 1. The fourth-order valence-electron chi connectivity index (χ4n) is 2.37. The van der Waals surface area contributed by atoms with E-state index >= 15 is 0 Å². The summed E-state index contributed by atoms with van der Waals surface area (Å²) in [6.45, 7) is 0.132. The van der Waals surface area contributed by atoms with Crippen LogP contribution < -0.4 is 5.32 Å². The van der Waals surface area contributed by atoms with Crippen molar-refractivity contribution in [1.82, 2.24) is 5.32 Å². The quantitative estimate of drug-likeness (QED) is 0.389. The number of carbonyl (C=O) groups is 1. The molecule has 0 spiro atoms. The molecule has 0 unspecified atom stereocenters. The number of nitrogens with one attached hydrogen (secondary N) is 1. The van der Waals surface area contributed by atoms with E-state index in [1.165, 1.54) is 25.7 Å². The molecule has 0 saturated heterocycles. The van der Waals surface area contributed by atoms with Crippen LogP contribution in [0.3, 0.4) is 0 Å². The van der Waals surface area contributed by atoms with Gasteiger partial charge in [0, 0.05) is 11.0 Å². The highest BCUT2D eigenvalue weighted by atomic mass is 16.4. The fraction of sp³-hybridized carbons (Fsp3) is 0.615. The molecule has 1 saturated carbocycles. The SMILES string of the molecule is [N-]=[N+]=NCc1ccc(C(=O)NC2CCCCCC2)o1. The van der Waals surface area contributed by atoms with E-state index in [0.29, 0.717) is 5.76 Å². The third-order valence-electron chi connectivity index (χ3n) is 3.37. The predicted octanol–water partition coefficient (Wildman–Crippen LogP) is 3.54. The van der Waals surface area contributed by atoms with Crippen LogP contribution in [0.1, 0.15) is 54.8 Å². The monoisotopic (exact) mass is 262 g/mol. The van der Waals surface area contributed by atoms with Gasteiger partial charge in [0.15, 0.2) is 5.76 Å². The molecular formula is C13H18N4O2. The molecule has 2 rings (SSSR count). The normalized spacial score (nSPS) is 16.4. The lowest BCUT2D eigenvalue weighted by Gasteiger charge is -2.14. The van der Waals surface area contributed by atoms with Gasteiger partial charge in [-0.25, -0.2) is 0 Å². The third kappa shape index (κ3) is 4.03. The van der Waals surface area contributed by atoms with Crippen LogP contribution in [0, 0.1) is 0 Å². The smallest absolute Gasteiger partial charge is 0.287 e. The molecule has 0 aliphatic heterocycles. The molecule has 0 atom stereocenters. The highest BCUT2D eigenvalue weighted by molar-refractivity contribution is 5.91. The number of hydrogen-bond acceptors (Lipinski definition) is 3. The molecular weight excluding hydrogens is 244 g/mol. The zero-order valence-corrected chi connectivity index (χ0v) is 10.8. The standard InChI is InChI=1S/C13H18N4O2/c14-17-15-9-11-7-8-12(19-11)13(18)16-10-5-3-1-2-4-6-10/h7-8,10H,1-6,9H2,(H,16,18). The van der Waals surface area contributed by atoms with Crippen molar-refractivity contribution >= 4 is 5.91 Å². The predicted molar refractivity (Wildman–Crippen MR) is 70.5 cm³/mol. The van der Waals surface area contributed by atoms with Gasteiger partial charge in [-0.15, -0.1) is 0 Å². The Bertz CT molecular complexity index is 469. The first-order valence-corrected chi connectivity index (χ1v) is 6.70. The zero-order valence-electron chi connectivity index (χ0n) is 10.8. The van der Waals surface area contributed by atoms with E-state index in [1.54, 1.807) is 12.1 Å². The molecule has 1 aromatic rings. The third-order valence-corrected chi connectivity index (χ3v) is 3.37. The van der Waals surface area contributed by atoms with Crippen LogP contribution in [-0.2, 0) is 6.54 Å². The van der Waals surface area contributed by atoms with Crippen LogP contribution in [0.15, 0.2) is 21.7 Å². The average Bonchev–Trinajstić information content (AvgIpc) is 2.74. The molecule has 1 aromatic heterocycles. The molecule has 0 aromatic carbocycles. The summed E-state index contributed by atoms with van der Waals surface area (Å²) in [6.07, 6.45) is 6.93. The molecule has 0 radical (unpaired) electrons. The molecule has 1 heterocycles. The number of azide groups is 1. The van der Waals surface area contributed by atoms with E-state index in [-0.39, 0.29) is 24.3 Å². The molecule has 1 aliphatic rings. The Morgan fingerprint density at radius 1 is 1.37 bits per heavy atom. The van der Waals surface area contributed by atoms with E-state index in [4.69, 9.17) is 9.95 Å². The van der Waals surface area contributed by atoms with Gasteiger partial charge in [-0.3, -0.25) is 4.79 Å². The Hall–Kier alpha value is -1.94. The summed E-state index contributed by atoms with van der Waals surface area (Å²) in [5, 5.41) is 6.41. The van der Waals surface area contributed by atoms with E-state index in [1.807, 2.05) is 0 Å². The molecule has 0 bridgehead atoms. The largest absolute Gasteiger partial charge is 0.456 e. The Kier molecular flexibility index (Phi) is 4.86. The Balaban J connectivity index is 1.91. The first kappa shape index (κ1) is 13.5. The maximum absolute atomic E-state index is 12.0. The van der Waals surface area contributed by atoms with Crippen molar-refractivity contribution in [3.05, 3.63) is 34.1 Å². The Morgan fingerprint density at radius 2 is 2.11 bits per heavy atom. The summed E-state index contributed by atoms with van der Waals surface area (Å²) in [5.41, 5.74) is 8.22.